The number of methoxy groups -OCH3 is 1. The fourth-order valence-electron chi connectivity index (χ4n) is 5.51. The molecule has 4 nitrogen and oxygen atoms in total. The van der Waals surface area contributed by atoms with Gasteiger partial charge in [-0.15, -0.1) is 0 Å². The molecule has 0 aromatic heterocycles. The van der Waals surface area contributed by atoms with Gasteiger partial charge in [-0.1, -0.05) is 18.9 Å². The molecular formula is C22H34N2O2. The minimum absolute atomic E-state index is 0.179. The average molecular weight is 359 g/mol. The molecule has 1 heterocycles. The number of carbonyl (C=O) groups is 1. The Kier molecular flexibility index (Phi) is 5.61. The summed E-state index contributed by atoms with van der Waals surface area (Å²) < 4.78 is 4.77. The van der Waals surface area contributed by atoms with Crippen molar-refractivity contribution in [2.75, 3.05) is 26.4 Å². The third kappa shape index (κ3) is 3.36. The van der Waals surface area contributed by atoms with Crippen LogP contribution in [0.25, 0.3) is 0 Å². The predicted molar refractivity (Wildman–Crippen MR) is 106 cm³/mol. The molecule has 144 valence electrons. The van der Waals surface area contributed by atoms with E-state index < -0.39 is 0 Å². The molecule has 0 amide bonds. The summed E-state index contributed by atoms with van der Waals surface area (Å²) in [5, 5.41) is 0. The van der Waals surface area contributed by atoms with Gasteiger partial charge in [0.25, 0.3) is 0 Å². The maximum Gasteiger partial charge on any atom is 0.305 e. The molecule has 2 aliphatic rings. The van der Waals surface area contributed by atoms with E-state index in [2.05, 4.69) is 37.9 Å². The van der Waals surface area contributed by atoms with E-state index in [0.717, 1.165) is 17.8 Å². The van der Waals surface area contributed by atoms with Gasteiger partial charge in [-0.25, -0.2) is 0 Å². The normalized spacial score (nSPS) is 29.2. The van der Waals surface area contributed by atoms with Crippen molar-refractivity contribution < 1.29 is 9.53 Å². The van der Waals surface area contributed by atoms with Crippen LogP contribution < -0.4 is 5.73 Å². The van der Waals surface area contributed by atoms with Crippen molar-refractivity contribution >= 4 is 11.7 Å². The van der Waals surface area contributed by atoms with Gasteiger partial charge in [-0.05, 0) is 81.8 Å². The molecule has 2 N–H and O–H groups in total. The Morgan fingerprint density at radius 2 is 2.12 bits per heavy atom. The molecule has 1 aromatic rings. The van der Waals surface area contributed by atoms with Crippen molar-refractivity contribution in [3.63, 3.8) is 0 Å². The highest BCUT2D eigenvalue weighted by atomic mass is 16.5. The van der Waals surface area contributed by atoms with Crippen LogP contribution in [0.2, 0.25) is 0 Å². The summed E-state index contributed by atoms with van der Waals surface area (Å²) in [6.07, 6.45) is 7.50. The lowest BCUT2D eigenvalue weighted by Crippen LogP contribution is -2.55. The Bertz CT molecular complexity index is 672. The number of ether oxygens (including phenoxy) is 1. The number of aryl methyl sites for hydroxylation is 2. The molecule has 1 aliphatic heterocycles. The van der Waals surface area contributed by atoms with Gasteiger partial charge < -0.3 is 15.4 Å². The van der Waals surface area contributed by atoms with Gasteiger partial charge in [-0.3, -0.25) is 4.79 Å². The van der Waals surface area contributed by atoms with Crippen LogP contribution >= 0.6 is 0 Å². The lowest BCUT2D eigenvalue weighted by atomic mass is 9.56. The van der Waals surface area contributed by atoms with Gasteiger partial charge in [0.1, 0.15) is 0 Å². The number of benzene rings is 1. The second kappa shape index (κ2) is 7.59. The zero-order valence-electron chi connectivity index (χ0n) is 16.8. The Morgan fingerprint density at radius 1 is 1.35 bits per heavy atom. The maximum atomic E-state index is 11.5. The molecule has 0 bridgehead atoms. The molecule has 1 aromatic carbocycles. The number of hydrogen-bond acceptors (Lipinski definition) is 4. The fraction of sp³-hybridized carbons (Fsp3) is 0.682. The number of carbonyl (C=O) groups excluding carboxylic acids is 1. The van der Waals surface area contributed by atoms with Gasteiger partial charge >= 0.3 is 5.97 Å². The van der Waals surface area contributed by atoms with Crippen molar-refractivity contribution in [1.29, 1.82) is 0 Å². The van der Waals surface area contributed by atoms with Crippen LogP contribution in [0, 0.1) is 12.8 Å². The predicted octanol–water partition coefficient (Wildman–Crippen LogP) is 3.83. The first-order valence-corrected chi connectivity index (χ1v) is 10.1. The topological polar surface area (TPSA) is 55.6 Å². The van der Waals surface area contributed by atoms with Gasteiger partial charge in [0.2, 0.25) is 0 Å². The Hall–Kier alpha value is -1.55. The van der Waals surface area contributed by atoms with E-state index in [1.807, 2.05) is 0 Å². The molecule has 4 heteroatoms. The van der Waals surface area contributed by atoms with Crippen LogP contribution in [0.15, 0.2) is 12.1 Å². The second-order valence-corrected chi connectivity index (χ2v) is 8.42. The Balaban J connectivity index is 1.94. The first kappa shape index (κ1) is 19.2. The number of nitrogens with two attached hydrogens (primary N) is 1. The van der Waals surface area contributed by atoms with Crippen molar-refractivity contribution in [2.45, 2.75) is 70.3 Å². The lowest BCUT2D eigenvalue weighted by molar-refractivity contribution is -0.140. The molecule has 1 saturated heterocycles. The molecule has 0 spiro atoms. The van der Waals surface area contributed by atoms with Crippen LogP contribution in [-0.2, 0) is 21.4 Å². The highest BCUT2D eigenvalue weighted by Gasteiger charge is 2.48. The number of fused-ring (bicyclic) bond motifs is 1. The number of hydrogen-bond donors (Lipinski definition) is 1. The van der Waals surface area contributed by atoms with Gasteiger partial charge in [-0.2, -0.15) is 0 Å². The van der Waals surface area contributed by atoms with E-state index >= 15 is 0 Å². The first-order chi connectivity index (χ1) is 12.4. The minimum atomic E-state index is -0.179. The average Bonchev–Trinajstić information content (AvgIpc) is 2.65. The molecule has 1 aliphatic carbocycles. The summed E-state index contributed by atoms with van der Waals surface area (Å²) in [5.74, 6) is 0.523. The van der Waals surface area contributed by atoms with Gasteiger partial charge in [0.05, 0.1) is 7.11 Å². The Labute approximate surface area is 158 Å². The number of likely N-dealkylation sites (tertiary alicyclic amines) is 1. The summed E-state index contributed by atoms with van der Waals surface area (Å²) in [6.45, 7) is 5.77. The summed E-state index contributed by atoms with van der Waals surface area (Å²) in [5.41, 5.74) is 11.4. The smallest absolute Gasteiger partial charge is 0.305 e. The minimum Gasteiger partial charge on any atom is -0.469 e. The van der Waals surface area contributed by atoms with Crippen LogP contribution in [-0.4, -0.2) is 37.6 Å². The van der Waals surface area contributed by atoms with Crippen molar-refractivity contribution in [1.82, 2.24) is 4.90 Å². The van der Waals surface area contributed by atoms with Crippen LogP contribution in [0.1, 0.15) is 62.1 Å². The van der Waals surface area contributed by atoms with Gasteiger partial charge in [0.15, 0.2) is 0 Å². The zero-order valence-corrected chi connectivity index (χ0v) is 16.8. The van der Waals surface area contributed by atoms with Crippen LogP contribution in [0.4, 0.5) is 5.69 Å². The lowest BCUT2D eigenvalue weighted by Gasteiger charge is -2.54. The molecule has 2 fully saturated rings. The summed E-state index contributed by atoms with van der Waals surface area (Å²) in [7, 11) is 3.70. The number of esters is 1. The number of rotatable bonds is 4. The number of nitrogen functional groups attached to an aromatic ring is 1. The zero-order chi connectivity index (χ0) is 18.9. The molecule has 3 rings (SSSR count). The SMILES string of the molecule is COC(=O)CCc1cc(C)c(C23CCCCC2C(C)N(C)CC3)cc1N. The van der Waals surface area contributed by atoms with E-state index in [1.54, 1.807) is 0 Å². The van der Waals surface area contributed by atoms with E-state index in [-0.39, 0.29) is 11.4 Å². The van der Waals surface area contributed by atoms with Crippen molar-refractivity contribution in [3.05, 3.63) is 28.8 Å². The van der Waals surface area contributed by atoms with E-state index in [4.69, 9.17) is 10.5 Å². The number of nitrogens with zero attached hydrogens (tertiary/aromatic N) is 1. The van der Waals surface area contributed by atoms with E-state index in [1.165, 1.54) is 50.3 Å². The monoisotopic (exact) mass is 358 g/mol. The Morgan fingerprint density at radius 3 is 2.85 bits per heavy atom. The van der Waals surface area contributed by atoms with Crippen LogP contribution in [0.3, 0.4) is 0 Å². The number of anilines is 1. The first-order valence-electron chi connectivity index (χ1n) is 10.1. The second-order valence-electron chi connectivity index (χ2n) is 8.42. The highest BCUT2D eigenvalue weighted by Crippen LogP contribution is 2.52. The highest BCUT2D eigenvalue weighted by molar-refractivity contribution is 5.70. The molecule has 3 atom stereocenters. The fourth-order valence-corrected chi connectivity index (χ4v) is 5.51. The molecule has 26 heavy (non-hydrogen) atoms. The largest absolute Gasteiger partial charge is 0.469 e. The third-order valence-electron chi connectivity index (χ3n) is 7.13. The quantitative estimate of drug-likeness (QED) is 0.656. The van der Waals surface area contributed by atoms with E-state index in [0.29, 0.717) is 24.8 Å². The summed E-state index contributed by atoms with van der Waals surface area (Å²) in [6, 6.07) is 5.07. The van der Waals surface area contributed by atoms with Crippen LogP contribution in [0.5, 0.6) is 0 Å². The van der Waals surface area contributed by atoms with Gasteiger partial charge in [0, 0.05) is 23.6 Å². The van der Waals surface area contributed by atoms with E-state index in [9.17, 15) is 4.79 Å². The molecule has 1 saturated carbocycles. The molecule has 0 radical (unpaired) electrons. The van der Waals surface area contributed by atoms with Crippen molar-refractivity contribution in [3.8, 4) is 0 Å². The maximum absolute atomic E-state index is 11.5. The molecule has 3 unspecified atom stereocenters. The summed E-state index contributed by atoms with van der Waals surface area (Å²) >= 11 is 0. The number of piperidine rings is 1. The third-order valence-corrected chi connectivity index (χ3v) is 7.13. The van der Waals surface area contributed by atoms with Crippen molar-refractivity contribution in [2.24, 2.45) is 5.92 Å². The summed E-state index contributed by atoms with van der Waals surface area (Å²) in [4.78, 5) is 14.0. The standard InChI is InChI=1S/C22H34N2O2/c1-15-13-17(8-9-21(25)26-4)20(23)14-19(15)22-10-6-5-7-18(22)16(2)24(3)12-11-22/h13-14,16,18H,5-12,23H2,1-4H3. The molecular weight excluding hydrogens is 324 g/mol.